The molecule has 2 N–H and O–H groups in total. The van der Waals surface area contributed by atoms with Crippen LogP contribution in [0, 0.1) is 10.8 Å². The van der Waals surface area contributed by atoms with Gasteiger partial charge in [-0.2, -0.15) is 0 Å². The molecule has 4 heteroatoms. The lowest BCUT2D eigenvalue weighted by Crippen LogP contribution is -2.38. The highest BCUT2D eigenvalue weighted by Gasteiger charge is 2.51. The fourth-order valence-electron chi connectivity index (χ4n) is 4.57. The number of rotatable bonds is 1. The third kappa shape index (κ3) is 2.64. The highest BCUT2D eigenvalue weighted by atomic mass is 35.5. The van der Waals surface area contributed by atoms with Crippen molar-refractivity contribution in [3.05, 3.63) is 28.8 Å². The third-order valence-corrected chi connectivity index (χ3v) is 5.16. The molecule has 1 aliphatic carbocycles. The van der Waals surface area contributed by atoms with Gasteiger partial charge < -0.3 is 10.6 Å². The predicted octanol–water partition coefficient (Wildman–Crippen LogP) is 3.96. The Morgan fingerprint density at radius 3 is 2.76 bits per heavy atom. The number of nitrogens with zero attached hydrogens (tertiary/aromatic N) is 1. The van der Waals surface area contributed by atoms with E-state index in [4.69, 9.17) is 17.3 Å². The van der Waals surface area contributed by atoms with Crippen LogP contribution < -0.4 is 5.73 Å². The van der Waals surface area contributed by atoms with Gasteiger partial charge in [0.2, 0.25) is 0 Å². The van der Waals surface area contributed by atoms with Gasteiger partial charge in [0, 0.05) is 23.3 Å². The first kappa shape index (κ1) is 14.7. The van der Waals surface area contributed by atoms with Crippen molar-refractivity contribution in [3.8, 4) is 0 Å². The number of likely N-dealkylation sites (tertiary alicyclic amines) is 1. The zero-order valence-electron chi connectivity index (χ0n) is 12.9. The molecule has 2 atom stereocenters. The summed E-state index contributed by atoms with van der Waals surface area (Å²) < 4.78 is 0. The number of fused-ring (bicyclic) bond motifs is 2. The van der Waals surface area contributed by atoms with E-state index in [2.05, 4.69) is 20.8 Å². The molecule has 3 nitrogen and oxygen atoms in total. The lowest BCUT2D eigenvalue weighted by atomic mass is 9.65. The number of hydrogen-bond donors (Lipinski definition) is 1. The standard InChI is InChI=1S/C17H23ClN2O/c1-16(2)7-12-8-17(3,9-16)10-20(12)15(21)13-6-11(18)4-5-14(13)19/h4-6,12H,7-10,19H2,1-3H3. The molecular weight excluding hydrogens is 284 g/mol. The molecule has 2 unspecified atom stereocenters. The zero-order valence-corrected chi connectivity index (χ0v) is 13.7. The third-order valence-electron chi connectivity index (χ3n) is 4.92. The molecule has 0 aromatic heterocycles. The Balaban J connectivity index is 1.91. The predicted molar refractivity (Wildman–Crippen MR) is 86.4 cm³/mol. The van der Waals surface area contributed by atoms with Gasteiger partial charge in [-0.3, -0.25) is 4.79 Å². The second-order valence-electron chi connectivity index (χ2n) is 7.88. The molecule has 1 aromatic rings. The molecule has 2 fully saturated rings. The summed E-state index contributed by atoms with van der Waals surface area (Å²) in [4.78, 5) is 14.9. The Labute approximate surface area is 131 Å². The van der Waals surface area contributed by atoms with E-state index < -0.39 is 0 Å². The maximum atomic E-state index is 12.9. The van der Waals surface area contributed by atoms with Gasteiger partial charge >= 0.3 is 0 Å². The van der Waals surface area contributed by atoms with Gasteiger partial charge in [-0.25, -0.2) is 0 Å². The molecule has 1 amide bonds. The van der Waals surface area contributed by atoms with Crippen molar-refractivity contribution in [2.45, 2.75) is 46.1 Å². The molecule has 2 bridgehead atoms. The molecule has 1 heterocycles. The summed E-state index contributed by atoms with van der Waals surface area (Å²) in [5.41, 5.74) is 7.55. The first-order valence-corrected chi connectivity index (χ1v) is 7.93. The molecule has 21 heavy (non-hydrogen) atoms. The Hall–Kier alpha value is -1.22. The van der Waals surface area contributed by atoms with Gasteiger partial charge in [-0.1, -0.05) is 32.4 Å². The first-order chi connectivity index (χ1) is 9.69. The Bertz CT molecular complexity index is 598. The number of halogens is 1. The molecule has 2 aliphatic rings. The van der Waals surface area contributed by atoms with E-state index in [0.29, 0.717) is 27.7 Å². The van der Waals surface area contributed by atoms with E-state index in [1.807, 2.05) is 4.90 Å². The normalized spacial score (nSPS) is 30.5. The Morgan fingerprint density at radius 2 is 2.05 bits per heavy atom. The van der Waals surface area contributed by atoms with E-state index in [1.54, 1.807) is 18.2 Å². The monoisotopic (exact) mass is 306 g/mol. The SMILES string of the molecule is CC1(C)CC2CC(C)(CN2C(=O)c2cc(Cl)ccc2N)C1. The van der Waals surface area contributed by atoms with E-state index in [-0.39, 0.29) is 11.3 Å². The molecule has 1 aliphatic heterocycles. The van der Waals surface area contributed by atoms with Crippen molar-refractivity contribution in [1.29, 1.82) is 0 Å². The number of benzene rings is 1. The number of carbonyl (C=O) groups excluding carboxylic acids is 1. The summed E-state index contributed by atoms with van der Waals surface area (Å²) in [6.45, 7) is 7.74. The minimum atomic E-state index is 0.0291. The summed E-state index contributed by atoms with van der Waals surface area (Å²) in [6, 6.07) is 5.45. The van der Waals surface area contributed by atoms with Crippen molar-refractivity contribution in [3.63, 3.8) is 0 Å². The number of nitrogens with two attached hydrogens (primary N) is 1. The lowest BCUT2D eigenvalue weighted by Gasteiger charge is -2.39. The van der Waals surface area contributed by atoms with Crippen molar-refractivity contribution in [2.24, 2.45) is 10.8 Å². The Kier molecular flexibility index (Phi) is 3.25. The molecule has 114 valence electrons. The van der Waals surface area contributed by atoms with E-state index in [9.17, 15) is 4.79 Å². The van der Waals surface area contributed by atoms with Crippen molar-refractivity contribution >= 4 is 23.2 Å². The molecule has 3 rings (SSSR count). The Morgan fingerprint density at radius 1 is 1.33 bits per heavy atom. The second kappa shape index (κ2) is 4.64. The minimum absolute atomic E-state index is 0.0291. The van der Waals surface area contributed by atoms with E-state index in [1.165, 1.54) is 6.42 Å². The molecular formula is C17H23ClN2O. The average molecular weight is 307 g/mol. The minimum Gasteiger partial charge on any atom is -0.398 e. The maximum absolute atomic E-state index is 12.9. The quantitative estimate of drug-likeness (QED) is 0.798. The van der Waals surface area contributed by atoms with Crippen molar-refractivity contribution in [2.75, 3.05) is 12.3 Å². The second-order valence-corrected chi connectivity index (χ2v) is 8.31. The smallest absolute Gasteiger partial charge is 0.256 e. The van der Waals surface area contributed by atoms with Crippen LogP contribution >= 0.6 is 11.6 Å². The van der Waals surface area contributed by atoms with E-state index >= 15 is 0 Å². The lowest BCUT2D eigenvalue weighted by molar-refractivity contribution is 0.0709. The van der Waals surface area contributed by atoms with Crippen LogP contribution in [0.15, 0.2) is 18.2 Å². The summed E-state index contributed by atoms with van der Waals surface area (Å²) in [5, 5.41) is 0.557. The van der Waals surface area contributed by atoms with Crippen LogP contribution in [-0.2, 0) is 0 Å². The van der Waals surface area contributed by atoms with Gasteiger partial charge in [-0.05, 0) is 48.3 Å². The number of hydrogen-bond acceptors (Lipinski definition) is 2. The highest BCUT2D eigenvalue weighted by Crippen LogP contribution is 2.52. The average Bonchev–Trinajstić information content (AvgIpc) is 2.61. The van der Waals surface area contributed by atoms with Gasteiger partial charge in [0.1, 0.15) is 0 Å². The van der Waals surface area contributed by atoms with Crippen LogP contribution in [0.3, 0.4) is 0 Å². The van der Waals surface area contributed by atoms with Gasteiger partial charge in [-0.15, -0.1) is 0 Å². The number of nitrogen functional groups attached to an aromatic ring is 1. The zero-order chi connectivity index (χ0) is 15.4. The molecule has 0 spiro atoms. The summed E-state index contributed by atoms with van der Waals surface area (Å²) in [5.74, 6) is 0.0291. The van der Waals surface area contributed by atoms with Crippen molar-refractivity contribution < 1.29 is 4.79 Å². The first-order valence-electron chi connectivity index (χ1n) is 7.55. The van der Waals surface area contributed by atoms with Crippen molar-refractivity contribution in [1.82, 2.24) is 4.90 Å². The summed E-state index contributed by atoms with van der Waals surface area (Å²) >= 11 is 6.03. The number of carbonyl (C=O) groups is 1. The number of amides is 1. The fourth-order valence-corrected chi connectivity index (χ4v) is 4.74. The largest absolute Gasteiger partial charge is 0.398 e. The molecule has 1 saturated carbocycles. The van der Waals surface area contributed by atoms with Gasteiger partial charge in [0.05, 0.1) is 5.56 Å². The van der Waals surface area contributed by atoms with Crippen LogP contribution in [0.4, 0.5) is 5.69 Å². The van der Waals surface area contributed by atoms with Crippen LogP contribution in [0.2, 0.25) is 5.02 Å². The van der Waals surface area contributed by atoms with E-state index in [0.717, 1.165) is 19.4 Å². The fraction of sp³-hybridized carbons (Fsp3) is 0.588. The molecule has 1 aromatic carbocycles. The molecule has 1 saturated heterocycles. The summed E-state index contributed by atoms with van der Waals surface area (Å²) in [6.07, 6.45) is 3.34. The van der Waals surface area contributed by atoms with Gasteiger partial charge in [0.25, 0.3) is 5.91 Å². The van der Waals surface area contributed by atoms with Crippen LogP contribution in [-0.4, -0.2) is 23.4 Å². The van der Waals surface area contributed by atoms with Gasteiger partial charge in [0.15, 0.2) is 0 Å². The molecule has 0 radical (unpaired) electrons. The maximum Gasteiger partial charge on any atom is 0.256 e. The topological polar surface area (TPSA) is 46.3 Å². The van der Waals surface area contributed by atoms with Crippen LogP contribution in [0.25, 0.3) is 0 Å². The van der Waals surface area contributed by atoms with Crippen LogP contribution in [0.5, 0.6) is 0 Å². The summed E-state index contributed by atoms with van der Waals surface area (Å²) in [7, 11) is 0. The van der Waals surface area contributed by atoms with Crippen LogP contribution in [0.1, 0.15) is 50.4 Å². The highest BCUT2D eigenvalue weighted by molar-refractivity contribution is 6.31. The number of anilines is 1.